The molecule has 162 valence electrons. The summed E-state index contributed by atoms with van der Waals surface area (Å²) < 4.78 is 49.0. The van der Waals surface area contributed by atoms with Gasteiger partial charge in [-0.2, -0.15) is 13.2 Å². The van der Waals surface area contributed by atoms with Crippen LogP contribution in [-0.4, -0.2) is 36.6 Å². The van der Waals surface area contributed by atoms with Gasteiger partial charge in [-0.1, -0.05) is 0 Å². The second-order valence-electron chi connectivity index (χ2n) is 8.15. The van der Waals surface area contributed by atoms with Gasteiger partial charge in [-0.15, -0.1) is 0 Å². The molecule has 2 aromatic rings. The normalized spacial score (nSPS) is 23.5. The van der Waals surface area contributed by atoms with Crippen molar-refractivity contribution in [2.24, 2.45) is 17.8 Å². The molecule has 5 rings (SSSR count). The number of benzene rings is 2. The van der Waals surface area contributed by atoms with Crippen LogP contribution in [0.15, 0.2) is 36.4 Å². The summed E-state index contributed by atoms with van der Waals surface area (Å²) in [5.41, 5.74) is 0.487. The van der Waals surface area contributed by atoms with Crippen LogP contribution in [0.4, 0.5) is 18.9 Å². The van der Waals surface area contributed by atoms with Gasteiger partial charge in [0, 0.05) is 30.3 Å². The van der Waals surface area contributed by atoms with Crippen molar-refractivity contribution in [3.63, 3.8) is 0 Å². The van der Waals surface area contributed by atoms with Crippen molar-refractivity contribution in [2.45, 2.75) is 13.1 Å². The molecular weight excluding hydrogens is 413 g/mol. The number of piperidine rings is 1. The number of nitrogens with one attached hydrogen (secondary N) is 1. The number of aryl methyl sites for hydroxylation is 1. The zero-order valence-electron chi connectivity index (χ0n) is 16.5. The fourth-order valence-corrected chi connectivity index (χ4v) is 4.49. The molecule has 2 aliphatic heterocycles. The fourth-order valence-electron chi connectivity index (χ4n) is 4.49. The number of fused-ring (bicyclic) bond motifs is 2. The molecule has 9 heteroatoms. The lowest BCUT2D eigenvalue weighted by molar-refractivity contribution is -0.137. The first-order chi connectivity index (χ1) is 14.7. The number of alkyl halides is 3. The maximum atomic E-state index is 12.8. The number of amides is 2. The summed E-state index contributed by atoms with van der Waals surface area (Å²) in [5, 5.41) is 2.74. The van der Waals surface area contributed by atoms with Crippen LogP contribution in [0, 0.1) is 24.7 Å². The van der Waals surface area contributed by atoms with E-state index in [4.69, 9.17) is 9.47 Å². The van der Waals surface area contributed by atoms with E-state index < -0.39 is 11.7 Å². The molecular formula is C22H19F3N2O4. The number of hydrogen-bond acceptors (Lipinski definition) is 4. The smallest absolute Gasteiger partial charge is 0.416 e. The Hall–Kier alpha value is -3.23. The molecule has 2 fully saturated rings. The molecule has 2 aromatic carbocycles. The van der Waals surface area contributed by atoms with Crippen molar-refractivity contribution in [1.82, 2.24) is 4.90 Å². The van der Waals surface area contributed by atoms with Crippen molar-refractivity contribution >= 4 is 17.5 Å². The Bertz CT molecular complexity index is 1070. The number of nitrogens with zero attached hydrogens (tertiary/aromatic N) is 1. The molecule has 3 aliphatic rings. The minimum Gasteiger partial charge on any atom is -0.454 e. The van der Waals surface area contributed by atoms with Crippen molar-refractivity contribution in [3.05, 3.63) is 53.1 Å². The van der Waals surface area contributed by atoms with Crippen LogP contribution >= 0.6 is 0 Å². The first-order valence-electron chi connectivity index (χ1n) is 9.90. The van der Waals surface area contributed by atoms with Gasteiger partial charge in [0.15, 0.2) is 11.5 Å². The number of carbonyl (C=O) groups is 2. The van der Waals surface area contributed by atoms with Gasteiger partial charge in [-0.05, 0) is 60.7 Å². The van der Waals surface area contributed by atoms with Crippen molar-refractivity contribution in [1.29, 1.82) is 0 Å². The van der Waals surface area contributed by atoms with E-state index in [-0.39, 0.29) is 36.4 Å². The Balaban J connectivity index is 1.20. The molecule has 0 unspecified atom stereocenters. The van der Waals surface area contributed by atoms with E-state index in [1.165, 1.54) is 13.0 Å². The summed E-state index contributed by atoms with van der Waals surface area (Å²) in [7, 11) is 0. The molecule has 0 spiro atoms. The largest absolute Gasteiger partial charge is 0.454 e. The standard InChI is InChI=1S/C22H19F3N2O4/c1-11-6-13(22(23,24)25)3-4-16(11)26-20(28)19-14-8-27(9-15(14)19)21(29)12-2-5-17-18(7-12)31-10-30-17/h2-7,14-15,19H,8-10H2,1H3,(H,26,28)/t14-,15-/m1/s1. The molecule has 2 atom stereocenters. The SMILES string of the molecule is Cc1cc(C(F)(F)F)ccc1NC(=O)C1[C@@H]2CN(C(=O)c3ccc4c(c3)OCO4)C[C@@H]12. The predicted molar refractivity (Wildman–Crippen MR) is 104 cm³/mol. The van der Waals surface area contributed by atoms with Crippen LogP contribution in [-0.2, 0) is 11.0 Å². The third-order valence-corrected chi connectivity index (χ3v) is 6.22. The number of carbonyl (C=O) groups excluding carboxylic acids is 2. The van der Waals surface area contributed by atoms with Crippen molar-refractivity contribution < 1.29 is 32.2 Å². The lowest BCUT2D eigenvalue weighted by atomic mass is 10.1. The molecule has 2 heterocycles. The minimum atomic E-state index is -4.42. The van der Waals surface area contributed by atoms with Gasteiger partial charge in [0.2, 0.25) is 12.7 Å². The van der Waals surface area contributed by atoms with E-state index in [1.54, 1.807) is 23.1 Å². The van der Waals surface area contributed by atoms with Gasteiger partial charge in [0.05, 0.1) is 5.56 Å². The number of anilines is 1. The summed E-state index contributed by atoms with van der Waals surface area (Å²) in [6.45, 7) is 2.62. The fraction of sp³-hybridized carbons (Fsp3) is 0.364. The van der Waals surface area contributed by atoms with E-state index in [1.807, 2.05) is 0 Å². The Labute approximate surface area is 175 Å². The highest BCUT2D eigenvalue weighted by Crippen LogP contribution is 2.52. The number of hydrogen-bond donors (Lipinski definition) is 1. The molecule has 1 saturated carbocycles. The summed E-state index contributed by atoms with van der Waals surface area (Å²) in [6.07, 6.45) is -4.42. The van der Waals surface area contributed by atoms with Crippen LogP contribution in [0.25, 0.3) is 0 Å². The van der Waals surface area contributed by atoms with Crippen molar-refractivity contribution in [3.8, 4) is 11.5 Å². The molecule has 0 radical (unpaired) electrons. The van der Waals surface area contributed by atoms with Crippen LogP contribution in [0.1, 0.15) is 21.5 Å². The van der Waals surface area contributed by atoms with E-state index in [0.717, 1.165) is 12.1 Å². The summed E-state index contributed by atoms with van der Waals surface area (Å²) >= 11 is 0. The zero-order chi connectivity index (χ0) is 21.9. The van der Waals surface area contributed by atoms with Crippen LogP contribution in [0.5, 0.6) is 11.5 Å². The van der Waals surface area contributed by atoms with Gasteiger partial charge in [0.1, 0.15) is 0 Å². The first kappa shape index (κ1) is 19.7. The van der Waals surface area contributed by atoms with Crippen LogP contribution in [0.2, 0.25) is 0 Å². The minimum absolute atomic E-state index is 0.0627. The van der Waals surface area contributed by atoms with E-state index >= 15 is 0 Å². The van der Waals surface area contributed by atoms with Gasteiger partial charge >= 0.3 is 6.18 Å². The Morgan fingerprint density at radius 3 is 2.42 bits per heavy atom. The Morgan fingerprint density at radius 1 is 1.03 bits per heavy atom. The predicted octanol–water partition coefficient (Wildman–Crippen LogP) is 3.70. The van der Waals surface area contributed by atoms with Gasteiger partial charge in [-0.25, -0.2) is 0 Å². The highest BCUT2D eigenvalue weighted by atomic mass is 19.4. The highest BCUT2D eigenvalue weighted by molar-refractivity contribution is 5.98. The van der Waals surface area contributed by atoms with Gasteiger partial charge in [-0.3, -0.25) is 9.59 Å². The summed E-state index contributed by atoms with van der Waals surface area (Å²) in [5.74, 6) is 0.703. The summed E-state index contributed by atoms with van der Waals surface area (Å²) in [6, 6.07) is 8.32. The third-order valence-electron chi connectivity index (χ3n) is 6.22. The number of ether oxygens (including phenoxy) is 2. The third kappa shape index (κ3) is 3.47. The van der Waals surface area contributed by atoms with Gasteiger partial charge in [0.25, 0.3) is 5.91 Å². The van der Waals surface area contributed by atoms with Gasteiger partial charge < -0.3 is 19.7 Å². The number of halogens is 3. The molecule has 6 nitrogen and oxygen atoms in total. The van der Waals surface area contributed by atoms with Crippen molar-refractivity contribution in [2.75, 3.05) is 25.2 Å². The second-order valence-corrected chi connectivity index (χ2v) is 8.15. The first-order valence-corrected chi connectivity index (χ1v) is 9.90. The monoisotopic (exact) mass is 432 g/mol. The maximum absolute atomic E-state index is 12.8. The topological polar surface area (TPSA) is 67.9 Å². The number of rotatable bonds is 3. The molecule has 1 N–H and O–H groups in total. The average molecular weight is 432 g/mol. The maximum Gasteiger partial charge on any atom is 0.416 e. The van der Waals surface area contributed by atoms with Crippen LogP contribution in [0.3, 0.4) is 0 Å². The average Bonchev–Trinajstić information content (AvgIpc) is 3.07. The molecule has 1 aliphatic carbocycles. The molecule has 31 heavy (non-hydrogen) atoms. The summed E-state index contributed by atoms with van der Waals surface area (Å²) in [4.78, 5) is 27.1. The van der Waals surface area contributed by atoms with Crippen LogP contribution < -0.4 is 14.8 Å². The Kier molecular flexibility index (Phi) is 4.39. The van der Waals surface area contributed by atoms with E-state index in [2.05, 4.69) is 5.32 Å². The molecule has 0 bridgehead atoms. The molecule has 2 amide bonds. The number of likely N-dealkylation sites (tertiary alicyclic amines) is 1. The Morgan fingerprint density at radius 2 is 1.74 bits per heavy atom. The second kappa shape index (κ2) is 6.90. The molecule has 0 aromatic heterocycles. The molecule has 1 saturated heterocycles. The zero-order valence-corrected chi connectivity index (χ0v) is 16.5. The van der Waals surface area contributed by atoms with E-state index in [0.29, 0.717) is 41.4 Å². The quantitative estimate of drug-likeness (QED) is 0.803. The van der Waals surface area contributed by atoms with E-state index in [9.17, 15) is 22.8 Å². The lowest BCUT2D eigenvalue weighted by Crippen LogP contribution is -2.33. The lowest BCUT2D eigenvalue weighted by Gasteiger charge is -2.20. The highest BCUT2D eigenvalue weighted by Gasteiger charge is 2.60.